The molecule has 2 aliphatic carbocycles. The second-order valence-corrected chi connectivity index (χ2v) is 8.68. The first-order valence-corrected chi connectivity index (χ1v) is 10.5. The van der Waals surface area contributed by atoms with Gasteiger partial charge in [0.25, 0.3) is 0 Å². The summed E-state index contributed by atoms with van der Waals surface area (Å²) in [7, 11) is 0. The highest BCUT2D eigenvalue weighted by molar-refractivity contribution is 5.69. The van der Waals surface area contributed by atoms with E-state index in [0.29, 0.717) is 18.1 Å². The number of carboxylic acids is 1. The number of piperidine rings is 1. The van der Waals surface area contributed by atoms with Crippen molar-refractivity contribution in [1.82, 2.24) is 15.1 Å². The minimum absolute atomic E-state index is 0.187. The molecule has 2 unspecified atom stereocenters. The van der Waals surface area contributed by atoms with Gasteiger partial charge in [0, 0.05) is 24.2 Å². The first kappa shape index (κ1) is 19.1. The zero-order valence-corrected chi connectivity index (χ0v) is 16.1. The standard InChI is InChI=1S/C20H37N3O2/c1-3-22(14-20(24)25)19-12-17(13-19)21-16-7-9-23(10-8-16)18-6-4-5-15(2)11-18/h15-19,21H,3-14H2,1-2H3,(H,24,25). The van der Waals surface area contributed by atoms with Crippen LogP contribution in [0.2, 0.25) is 0 Å². The van der Waals surface area contributed by atoms with E-state index in [1.165, 1.54) is 51.6 Å². The van der Waals surface area contributed by atoms with E-state index in [-0.39, 0.29) is 6.54 Å². The molecule has 3 fully saturated rings. The molecule has 1 heterocycles. The number of nitrogens with zero attached hydrogens (tertiary/aromatic N) is 2. The number of aliphatic carboxylic acids is 1. The quantitative estimate of drug-likeness (QED) is 0.738. The fourth-order valence-electron chi connectivity index (χ4n) is 5.19. The number of likely N-dealkylation sites (tertiary alicyclic amines) is 1. The van der Waals surface area contributed by atoms with Crippen LogP contribution in [-0.4, -0.2) is 71.2 Å². The molecular formula is C20H37N3O2. The Hall–Kier alpha value is -0.650. The Labute approximate surface area is 153 Å². The predicted molar refractivity (Wildman–Crippen MR) is 101 cm³/mol. The average molecular weight is 352 g/mol. The molecule has 0 aromatic rings. The fourth-order valence-corrected chi connectivity index (χ4v) is 5.19. The van der Waals surface area contributed by atoms with Gasteiger partial charge in [0.15, 0.2) is 0 Å². The third kappa shape index (κ3) is 5.18. The summed E-state index contributed by atoms with van der Waals surface area (Å²) < 4.78 is 0. The van der Waals surface area contributed by atoms with E-state index < -0.39 is 5.97 Å². The molecule has 25 heavy (non-hydrogen) atoms. The molecule has 5 heteroatoms. The minimum Gasteiger partial charge on any atom is -0.480 e. The Morgan fingerprint density at radius 2 is 1.84 bits per heavy atom. The normalized spacial score (nSPS) is 34.8. The molecule has 2 atom stereocenters. The van der Waals surface area contributed by atoms with Gasteiger partial charge in [0.1, 0.15) is 0 Å². The maximum Gasteiger partial charge on any atom is 0.317 e. The first-order chi connectivity index (χ1) is 12.0. The summed E-state index contributed by atoms with van der Waals surface area (Å²) in [5, 5.41) is 12.8. The van der Waals surface area contributed by atoms with Crippen molar-refractivity contribution < 1.29 is 9.90 Å². The van der Waals surface area contributed by atoms with Gasteiger partial charge in [-0.25, -0.2) is 0 Å². The predicted octanol–water partition coefficient (Wildman–Crippen LogP) is 2.56. The molecule has 0 aromatic carbocycles. The highest BCUT2D eigenvalue weighted by Gasteiger charge is 2.36. The van der Waals surface area contributed by atoms with Gasteiger partial charge >= 0.3 is 5.97 Å². The van der Waals surface area contributed by atoms with Crippen LogP contribution in [0.5, 0.6) is 0 Å². The smallest absolute Gasteiger partial charge is 0.317 e. The molecular weight excluding hydrogens is 314 g/mol. The van der Waals surface area contributed by atoms with E-state index in [0.717, 1.165) is 31.3 Å². The molecule has 0 amide bonds. The Morgan fingerprint density at radius 3 is 2.44 bits per heavy atom. The highest BCUT2D eigenvalue weighted by Crippen LogP contribution is 2.30. The van der Waals surface area contributed by atoms with E-state index in [4.69, 9.17) is 5.11 Å². The van der Waals surface area contributed by atoms with Gasteiger partial charge in [-0.2, -0.15) is 0 Å². The number of carboxylic acid groups (broad SMARTS) is 1. The van der Waals surface area contributed by atoms with Crippen LogP contribution < -0.4 is 5.32 Å². The van der Waals surface area contributed by atoms with Gasteiger partial charge in [-0.05, 0) is 64.1 Å². The molecule has 144 valence electrons. The summed E-state index contributed by atoms with van der Waals surface area (Å²) in [5.41, 5.74) is 0. The van der Waals surface area contributed by atoms with Crippen molar-refractivity contribution in [3.8, 4) is 0 Å². The van der Waals surface area contributed by atoms with Gasteiger partial charge in [-0.15, -0.1) is 0 Å². The minimum atomic E-state index is -0.706. The van der Waals surface area contributed by atoms with Gasteiger partial charge in [-0.1, -0.05) is 26.7 Å². The molecule has 2 saturated carbocycles. The van der Waals surface area contributed by atoms with Crippen LogP contribution in [0.15, 0.2) is 0 Å². The number of hydrogen-bond donors (Lipinski definition) is 2. The molecule has 3 rings (SSSR count). The van der Waals surface area contributed by atoms with Crippen molar-refractivity contribution >= 4 is 5.97 Å². The third-order valence-corrected chi connectivity index (χ3v) is 6.80. The molecule has 2 N–H and O–H groups in total. The molecule has 0 bridgehead atoms. The van der Waals surface area contributed by atoms with E-state index in [2.05, 4.69) is 29.0 Å². The molecule has 0 radical (unpaired) electrons. The van der Waals surface area contributed by atoms with Crippen LogP contribution in [0.4, 0.5) is 0 Å². The number of hydrogen-bond acceptors (Lipinski definition) is 4. The van der Waals surface area contributed by atoms with Crippen LogP contribution in [0.1, 0.15) is 65.2 Å². The summed E-state index contributed by atoms with van der Waals surface area (Å²) in [6.45, 7) is 8.01. The fraction of sp³-hybridized carbons (Fsp3) is 0.950. The summed E-state index contributed by atoms with van der Waals surface area (Å²) >= 11 is 0. The molecule has 1 saturated heterocycles. The zero-order chi connectivity index (χ0) is 17.8. The lowest BCUT2D eigenvalue weighted by Gasteiger charge is -2.46. The van der Waals surface area contributed by atoms with Gasteiger partial charge in [0.2, 0.25) is 0 Å². The Kier molecular flexibility index (Phi) is 6.75. The third-order valence-electron chi connectivity index (χ3n) is 6.80. The van der Waals surface area contributed by atoms with Crippen molar-refractivity contribution in [2.45, 2.75) is 89.4 Å². The number of rotatable bonds is 7. The Morgan fingerprint density at radius 1 is 1.12 bits per heavy atom. The average Bonchev–Trinajstić information content (AvgIpc) is 2.56. The molecule has 0 aromatic heterocycles. The molecule has 5 nitrogen and oxygen atoms in total. The van der Waals surface area contributed by atoms with Crippen molar-refractivity contribution in [1.29, 1.82) is 0 Å². The lowest BCUT2D eigenvalue weighted by Crippen LogP contribution is -2.57. The van der Waals surface area contributed by atoms with Crippen LogP contribution in [0.3, 0.4) is 0 Å². The first-order valence-electron chi connectivity index (χ1n) is 10.5. The largest absolute Gasteiger partial charge is 0.480 e. The monoisotopic (exact) mass is 351 g/mol. The maximum atomic E-state index is 10.9. The van der Waals surface area contributed by atoms with Crippen molar-refractivity contribution in [3.63, 3.8) is 0 Å². The van der Waals surface area contributed by atoms with Crippen molar-refractivity contribution in [2.24, 2.45) is 5.92 Å². The SMILES string of the molecule is CCN(CC(=O)O)C1CC(NC2CCN(C3CCCC(C)C3)CC2)C1. The number of nitrogens with one attached hydrogen (secondary N) is 1. The number of likely N-dealkylation sites (N-methyl/N-ethyl adjacent to an activating group) is 1. The van der Waals surface area contributed by atoms with Gasteiger partial charge < -0.3 is 15.3 Å². The zero-order valence-electron chi connectivity index (χ0n) is 16.1. The summed E-state index contributed by atoms with van der Waals surface area (Å²) in [6, 6.07) is 2.56. The molecule has 3 aliphatic rings. The summed E-state index contributed by atoms with van der Waals surface area (Å²) in [6.07, 6.45) is 10.4. The van der Waals surface area contributed by atoms with Crippen LogP contribution in [0, 0.1) is 5.92 Å². The second-order valence-electron chi connectivity index (χ2n) is 8.68. The van der Waals surface area contributed by atoms with E-state index in [1.807, 2.05) is 0 Å². The number of carbonyl (C=O) groups is 1. The lowest BCUT2D eigenvalue weighted by molar-refractivity contribution is -0.139. The molecule has 1 aliphatic heterocycles. The topological polar surface area (TPSA) is 55.8 Å². The van der Waals surface area contributed by atoms with Crippen LogP contribution in [-0.2, 0) is 4.79 Å². The molecule has 0 spiro atoms. The van der Waals surface area contributed by atoms with Crippen molar-refractivity contribution in [2.75, 3.05) is 26.2 Å². The second kappa shape index (κ2) is 8.83. The Balaban J connectivity index is 1.34. The summed E-state index contributed by atoms with van der Waals surface area (Å²) in [4.78, 5) is 15.8. The van der Waals surface area contributed by atoms with E-state index in [9.17, 15) is 4.79 Å². The van der Waals surface area contributed by atoms with Gasteiger partial charge in [-0.3, -0.25) is 9.69 Å². The van der Waals surface area contributed by atoms with E-state index >= 15 is 0 Å². The lowest BCUT2D eigenvalue weighted by atomic mass is 9.83. The van der Waals surface area contributed by atoms with Crippen molar-refractivity contribution in [3.05, 3.63) is 0 Å². The van der Waals surface area contributed by atoms with E-state index in [1.54, 1.807) is 0 Å². The highest BCUT2D eigenvalue weighted by atomic mass is 16.4. The maximum absolute atomic E-state index is 10.9. The van der Waals surface area contributed by atoms with Crippen LogP contribution >= 0.6 is 0 Å². The van der Waals surface area contributed by atoms with Crippen LogP contribution in [0.25, 0.3) is 0 Å². The Bertz CT molecular complexity index is 431. The summed E-state index contributed by atoms with van der Waals surface area (Å²) in [5.74, 6) is 0.205. The van der Waals surface area contributed by atoms with Gasteiger partial charge in [0.05, 0.1) is 6.54 Å².